The summed E-state index contributed by atoms with van der Waals surface area (Å²) in [7, 11) is 0. The first-order chi connectivity index (χ1) is 8.15. The summed E-state index contributed by atoms with van der Waals surface area (Å²) in [6.07, 6.45) is 0. The van der Waals surface area contributed by atoms with E-state index in [0.29, 0.717) is 0 Å². The molecular weight excluding hydrogens is 246 g/mol. The lowest BCUT2D eigenvalue weighted by atomic mass is 9.81. The van der Waals surface area contributed by atoms with Crippen molar-refractivity contribution in [1.29, 1.82) is 0 Å². The first-order valence-electron chi connectivity index (χ1n) is 5.74. The van der Waals surface area contributed by atoms with E-state index in [2.05, 4.69) is 0 Å². The molecule has 2 aromatic rings. The lowest BCUT2D eigenvalue weighted by Gasteiger charge is -2.33. The zero-order valence-corrected chi connectivity index (χ0v) is 11.1. The predicted molar refractivity (Wildman–Crippen MR) is 76.8 cm³/mol. The standard InChI is InChI=1S/C15H17NO.ClH/c1-12(16)15(17,13-8-4-2-5-9-13)14-10-6-3-7-11-14;/h2-12,17H,16H2,1H3;1H. The van der Waals surface area contributed by atoms with Crippen molar-refractivity contribution >= 4 is 12.4 Å². The molecule has 18 heavy (non-hydrogen) atoms. The van der Waals surface area contributed by atoms with Crippen LogP contribution in [0.3, 0.4) is 0 Å². The minimum absolute atomic E-state index is 0. The molecule has 0 saturated carbocycles. The Morgan fingerprint density at radius 2 is 1.22 bits per heavy atom. The van der Waals surface area contributed by atoms with Crippen molar-refractivity contribution in [2.75, 3.05) is 0 Å². The molecule has 0 aliphatic heterocycles. The number of hydrogen-bond acceptors (Lipinski definition) is 2. The van der Waals surface area contributed by atoms with Gasteiger partial charge in [-0.2, -0.15) is 0 Å². The summed E-state index contributed by atoms with van der Waals surface area (Å²) in [6.45, 7) is 1.82. The van der Waals surface area contributed by atoms with E-state index in [4.69, 9.17) is 5.73 Å². The second kappa shape index (κ2) is 6.01. The smallest absolute Gasteiger partial charge is 0.129 e. The van der Waals surface area contributed by atoms with E-state index in [1.54, 1.807) is 0 Å². The van der Waals surface area contributed by atoms with Gasteiger partial charge in [0, 0.05) is 6.04 Å². The van der Waals surface area contributed by atoms with E-state index in [1.165, 1.54) is 0 Å². The Hall–Kier alpha value is -1.35. The van der Waals surface area contributed by atoms with E-state index < -0.39 is 5.60 Å². The van der Waals surface area contributed by atoms with E-state index in [-0.39, 0.29) is 18.4 Å². The molecule has 0 amide bonds. The maximum Gasteiger partial charge on any atom is 0.129 e. The Balaban J connectivity index is 0.00000162. The number of halogens is 1. The molecule has 2 aromatic carbocycles. The number of hydrogen-bond donors (Lipinski definition) is 2. The number of benzene rings is 2. The van der Waals surface area contributed by atoms with Crippen LogP contribution in [0.4, 0.5) is 0 Å². The third kappa shape index (κ3) is 2.56. The highest BCUT2D eigenvalue weighted by Gasteiger charge is 2.35. The average Bonchev–Trinajstić information content (AvgIpc) is 2.39. The molecule has 1 unspecified atom stereocenters. The Morgan fingerprint density at radius 3 is 1.50 bits per heavy atom. The molecule has 0 bridgehead atoms. The maximum absolute atomic E-state index is 10.9. The van der Waals surface area contributed by atoms with E-state index in [1.807, 2.05) is 67.6 Å². The van der Waals surface area contributed by atoms with Gasteiger partial charge in [0.05, 0.1) is 0 Å². The quantitative estimate of drug-likeness (QED) is 0.894. The van der Waals surface area contributed by atoms with Crippen molar-refractivity contribution in [2.24, 2.45) is 5.73 Å². The van der Waals surface area contributed by atoms with E-state index in [9.17, 15) is 5.11 Å². The SMILES string of the molecule is CC(N)C(O)(c1ccccc1)c1ccccc1.Cl. The van der Waals surface area contributed by atoms with Crippen molar-refractivity contribution in [3.63, 3.8) is 0 Å². The minimum atomic E-state index is -1.14. The Bertz CT molecular complexity index is 431. The van der Waals surface area contributed by atoms with Gasteiger partial charge in [-0.3, -0.25) is 0 Å². The third-order valence-corrected chi connectivity index (χ3v) is 3.09. The maximum atomic E-state index is 10.9. The largest absolute Gasteiger partial charge is 0.379 e. The Labute approximate surface area is 114 Å². The summed E-state index contributed by atoms with van der Waals surface area (Å²) in [6, 6.07) is 18.7. The zero-order valence-electron chi connectivity index (χ0n) is 10.3. The molecule has 0 spiro atoms. The molecular formula is C15H18ClNO. The summed E-state index contributed by atoms with van der Waals surface area (Å²) in [5.74, 6) is 0. The van der Waals surface area contributed by atoms with Gasteiger partial charge in [-0.1, -0.05) is 60.7 Å². The van der Waals surface area contributed by atoms with Gasteiger partial charge >= 0.3 is 0 Å². The summed E-state index contributed by atoms with van der Waals surface area (Å²) in [5, 5.41) is 10.9. The molecule has 0 aliphatic rings. The molecule has 1 atom stereocenters. The lowest BCUT2D eigenvalue weighted by Crippen LogP contribution is -2.44. The molecule has 3 heteroatoms. The molecule has 0 saturated heterocycles. The molecule has 0 aliphatic carbocycles. The van der Waals surface area contributed by atoms with Gasteiger partial charge in [0.1, 0.15) is 5.60 Å². The molecule has 0 heterocycles. The van der Waals surface area contributed by atoms with Crippen molar-refractivity contribution in [2.45, 2.75) is 18.6 Å². The van der Waals surface area contributed by atoms with Gasteiger partial charge in [-0.15, -0.1) is 12.4 Å². The number of rotatable bonds is 3. The molecule has 2 nitrogen and oxygen atoms in total. The minimum Gasteiger partial charge on any atom is -0.379 e. The van der Waals surface area contributed by atoms with Gasteiger partial charge in [-0.05, 0) is 18.1 Å². The van der Waals surface area contributed by atoms with Crippen LogP contribution in [0.5, 0.6) is 0 Å². The van der Waals surface area contributed by atoms with Crippen LogP contribution in [0, 0.1) is 0 Å². The molecule has 0 radical (unpaired) electrons. The van der Waals surface area contributed by atoms with E-state index >= 15 is 0 Å². The van der Waals surface area contributed by atoms with E-state index in [0.717, 1.165) is 11.1 Å². The fourth-order valence-electron chi connectivity index (χ4n) is 2.08. The Kier molecular flexibility index (Phi) is 4.91. The molecule has 0 fully saturated rings. The van der Waals surface area contributed by atoms with Crippen LogP contribution in [0.2, 0.25) is 0 Å². The van der Waals surface area contributed by atoms with Crippen LogP contribution in [-0.2, 0) is 5.60 Å². The predicted octanol–water partition coefficient (Wildman–Crippen LogP) is 2.69. The van der Waals surface area contributed by atoms with Crippen molar-refractivity contribution in [3.05, 3.63) is 71.8 Å². The first kappa shape index (κ1) is 14.7. The van der Waals surface area contributed by atoms with Crippen LogP contribution in [0.1, 0.15) is 18.1 Å². The fourth-order valence-corrected chi connectivity index (χ4v) is 2.08. The van der Waals surface area contributed by atoms with Gasteiger partial charge in [-0.25, -0.2) is 0 Å². The highest BCUT2D eigenvalue weighted by atomic mass is 35.5. The molecule has 2 rings (SSSR count). The number of aliphatic hydroxyl groups is 1. The van der Waals surface area contributed by atoms with Gasteiger partial charge in [0.2, 0.25) is 0 Å². The second-order valence-corrected chi connectivity index (χ2v) is 4.29. The van der Waals surface area contributed by atoms with Gasteiger partial charge in [0.25, 0.3) is 0 Å². The molecule has 0 aromatic heterocycles. The van der Waals surface area contributed by atoms with Gasteiger partial charge in [0.15, 0.2) is 0 Å². The summed E-state index contributed by atoms with van der Waals surface area (Å²) >= 11 is 0. The van der Waals surface area contributed by atoms with Crippen molar-refractivity contribution < 1.29 is 5.11 Å². The topological polar surface area (TPSA) is 46.2 Å². The van der Waals surface area contributed by atoms with Crippen LogP contribution in [0.15, 0.2) is 60.7 Å². The monoisotopic (exact) mass is 263 g/mol. The average molecular weight is 264 g/mol. The first-order valence-corrected chi connectivity index (χ1v) is 5.74. The van der Waals surface area contributed by atoms with Crippen LogP contribution >= 0.6 is 12.4 Å². The zero-order chi connectivity index (χ0) is 12.3. The second-order valence-electron chi connectivity index (χ2n) is 4.29. The number of nitrogens with two attached hydrogens (primary N) is 1. The fraction of sp³-hybridized carbons (Fsp3) is 0.200. The molecule has 96 valence electrons. The van der Waals surface area contributed by atoms with Crippen molar-refractivity contribution in [3.8, 4) is 0 Å². The Morgan fingerprint density at radius 1 is 0.889 bits per heavy atom. The molecule has 3 N–H and O–H groups in total. The van der Waals surface area contributed by atoms with Crippen LogP contribution in [0.25, 0.3) is 0 Å². The highest BCUT2D eigenvalue weighted by molar-refractivity contribution is 5.85. The summed E-state index contributed by atoms with van der Waals surface area (Å²) < 4.78 is 0. The van der Waals surface area contributed by atoms with Crippen LogP contribution < -0.4 is 5.73 Å². The lowest BCUT2D eigenvalue weighted by molar-refractivity contribution is 0.0579. The summed E-state index contributed by atoms with van der Waals surface area (Å²) in [5.41, 5.74) is 6.49. The van der Waals surface area contributed by atoms with Crippen molar-refractivity contribution in [1.82, 2.24) is 0 Å². The van der Waals surface area contributed by atoms with Crippen LogP contribution in [-0.4, -0.2) is 11.1 Å². The third-order valence-electron chi connectivity index (χ3n) is 3.09. The van der Waals surface area contributed by atoms with Gasteiger partial charge < -0.3 is 10.8 Å². The highest BCUT2D eigenvalue weighted by Crippen LogP contribution is 2.31. The normalized spacial score (nSPS) is 12.6. The summed E-state index contributed by atoms with van der Waals surface area (Å²) in [4.78, 5) is 0.